The Bertz CT molecular complexity index is 456. The third-order valence-corrected chi connectivity index (χ3v) is 4.98. The summed E-state index contributed by atoms with van der Waals surface area (Å²) in [7, 11) is -8.44. The Morgan fingerprint density at radius 1 is 0.857 bits per heavy atom. The molecule has 128 valence electrons. The lowest BCUT2D eigenvalue weighted by atomic mass is 10.1. The topological polar surface area (TPSA) is 118 Å². The average Bonchev–Trinajstić information content (AvgIpc) is 2.33. The van der Waals surface area contributed by atoms with Crippen molar-refractivity contribution in [2.45, 2.75) is 70.0 Å². The standard InChI is InChI=1S/C12H26O7S2/c1-2-3-4-6-9-12(20(13,14)15)10-7-5-8-11-19-21(16,17)18/h12H,2-11H2,1H3,(H,13,14,15)(H,16,17,18). The van der Waals surface area contributed by atoms with Crippen LogP contribution in [0.4, 0.5) is 0 Å². The molecule has 0 aromatic heterocycles. The first kappa shape index (κ1) is 20.8. The fraction of sp³-hybridized carbons (Fsp3) is 1.00. The first-order valence-electron chi connectivity index (χ1n) is 7.25. The molecule has 0 radical (unpaired) electrons. The Kier molecular flexibility index (Phi) is 10.4. The summed E-state index contributed by atoms with van der Waals surface area (Å²) in [5.74, 6) is 0. The van der Waals surface area contributed by atoms with Crippen molar-refractivity contribution < 1.29 is 30.1 Å². The molecule has 2 N–H and O–H groups in total. The highest BCUT2D eigenvalue weighted by molar-refractivity contribution is 7.86. The number of hydrogen-bond donors (Lipinski definition) is 2. The highest BCUT2D eigenvalue weighted by Crippen LogP contribution is 2.18. The van der Waals surface area contributed by atoms with Gasteiger partial charge in [-0.2, -0.15) is 16.8 Å². The lowest BCUT2D eigenvalue weighted by Gasteiger charge is -2.13. The van der Waals surface area contributed by atoms with E-state index in [0.717, 1.165) is 25.7 Å². The minimum atomic E-state index is -4.40. The van der Waals surface area contributed by atoms with Crippen LogP contribution < -0.4 is 0 Å². The Hall–Kier alpha value is -0.220. The van der Waals surface area contributed by atoms with Gasteiger partial charge in [0.15, 0.2) is 0 Å². The SMILES string of the molecule is CCCCCCC(CCCCCOS(=O)(=O)O)S(=O)(=O)O. The lowest BCUT2D eigenvalue weighted by molar-refractivity contribution is 0.261. The smallest absolute Gasteiger partial charge is 0.285 e. The highest BCUT2D eigenvalue weighted by Gasteiger charge is 2.21. The van der Waals surface area contributed by atoms with E-state index in [4.69, 9.17) is 4.55 Å². The maximum Gasteiger partial charge on any atom is 0.397 e. The molecule has 1 atom stereocenters. The summed E-state index contributed by atoms with van der Waals surface area (Å²) in [6.07, 6.45) is 6.12. The summed E-state index contributed by atoms with van der Waals surface area (Å²) < 4.78 is 64.8. The van der Waals surface area contributed by atoms with E-state index < -0.39 is 25.8 Å². The summed E-state index contributed by atoms with van der Waals surface area (Å²) >= 11 is 0. The van der Waals surface area contributed by atoms with Crippen LogP contribution in [0.3, 0.4) is 0 Å². The molecule has 0 aliphatic rings. The molecule has 0 aromatic rings. The molecule has 0 fully saturated rings. The number of unbranched alkanes of at least 4 members (excludes halogenated alkanes) is 5. The van der Waals surface area contributed by atoms with E-state index in [2.05, 4.69) is 11.1 Å². The predicted molar refractivity (Wildman–Crippen MR) is 80.1 cm³/mol. The van der Waals surface area contributed by atoms with E-state index >= 15 is 0 Å². The Labute approximate surface area is 127 Å². The van der Waals surface area contributed by atoms with Crippen LogP contribution in [-0.4, -0.2) is 37.8 Å². The van der Waals surface area contributed by atoms with Crippen LogP contribution in [0.2, 0.25) is 0 Å². The van der Waals surface area contributed by atoms with Gasteiger partial charge in [-0.15, -0.1) is 0 Å². The van der Waals surface area contributed by atoms with Gasteiger partial charge in [-0.25, -0.2) is 4.18 Å². The second-order valence-corrected chi connectivity index (χ2v) is 7.87. The second-order valence-electron chi connectivity index (χ2n) is 5.09. The van der Waals surface area contributed by atoms with Crippen molar-refractivity contribution in [2.75, 3.05) is 6.61 Å². The van der Waals surface area contributed by atoms with Gasteiger partial charge in [0.05, 0.1) is 11.9 Å². The Morgan fingerprint density at radius 3 is 1.81 bits per heavy atom. The van der Waals surface area contributed by atoms with Crippen molar-refractivity contribution in [1.29, 1.82) is 0 Å². The van der Waals surface area contributed by atoms with Crippen molar-refractivity contribution in [3.05, 3.63) is 0 Å². The fourth-order valence-corrected chi connectivity index (χ4v) is 3.31. The molecule has 0 amide bonds. The molecule has 0 aromatic carbocycles. The molecule has 0 saturated heterocycles. The molecule has 7 nitrogen and oxygen atoms in total. The molecule has 0 rings (SSSR count). The average molecular weight is 346 g/mol. The zero-order chi connectivity index (χ0) is 16.4. The third-order valence-electron chi connectivity index (χ3n) is 3.20. The summed E-state index contributed by atoms with van der Waals surface area (Å²) in [6.45, 7) is 1.93. The summed E-state index contributed by atoms with van der Waals surface area (Å²) in [4.78, 5) is 0. The summed E-state index contributed by atoms with van der Waals surface area (Å²) in [5.41, 5.74) is 0. The van der Waals surface area contributed by atoms with E-state index in [1.54, 1.807) is 0 Å². The maximum atomic E-state index is 11.3. The zero-order valence-corrected chi connectivity index (χ0v) is 14.0. The minimum absolute atomic E-state index is 0.133. The Morgan fingerprint density at radius 2 is 1.38 bits per heavy atom. The largest absolute Gasteiger partial charge is 0.397 e. The van der Waals surface area contributed by atoms with Gasteiger partial charge < -0.3 is 0 Å². The van der Waals surface area contributed by atoms with Crippen molar-refractivity contribution >= 4 is 20.5 Å². The first-order chi connectivity index (χ1) is 9.67. The van der Waals surface area contributed by atoms with Crippen LogP contribution in [0.1, 0.15) is 64.7 Å². The highest BCUT2D eigenvalue weighted by atomic mass is 32.3. The van der Waals surface area contributed by atoms with Gasteiger partial charge in [-0.05, 0) is 19.3 Å². The van der Waals surface area contributed by atoms with Crippen LogP contribution in [0.15, 0.2) is 0 Å². The van der Waals surface area contributed by atoms with Crippen molar-refractivity contribution in [1.82, 2.24) is 0 Å². The predicted octanol–water partition coefficient (Wildman–Crippen LogP) is 2.59. The molecule has 21 heavy (non-hydrogen) atoms. The van der Waals surface area contributed by atoms with Gasteiger partial charge in [0, 0.05) is 0 Å². The zero-order valence-electron chi connectivity index (χ0n) is 12.4. The van der Waals surface area contributed by atoms with Gasteiger partial charge in [0.1, 0.15) is 0 Å². The molecule has 0 bridgehead atoms. The second kappa shape index (κ2) is 10.5. The van der Waals surface area contributed by atoms with E-state index in [0.29, 0.717) is 32.1 Å². The van der Waals surface area contributed by atoms with E-state index in [1.165, 1.54) is 0 Å². The van der Waals surface area contributed by atoms with Crippen LogP contribution in [0, 0.1) is 0 Å². The fourth-order valence-electron chi connectivity index (χ4n) is 2.06. The lowest BCUT2D eigenvalue weighted by Crippen LogP contribution is -2.20. The minimum Gasteiger partial charge on any atom is -0.285 e. The van der Waals surface area contributed by atoms with E-state index in [1.807, 2.05) is 0 Å². The summed E-state index contributed by atoms with van der Waals surface area (Å²) in [5, 5.41) is -0.753. The molecule has 0 aliphatic heterocycles. The molecule has 0 aliphatic carbocycles. The third kappa shape index (κ3) is 13.2. The monoisotopic (exact) mass is 346 g/mol. The van der Waals surface area contributed by atoms with Gasteiger partial charge in [0.2, 0.25) is 0 Å². The van der Waals surface area contributed by atoms with Crippen molar-refractivity contribution in [3.63, 3.8) is 0 Å². The molecule has 0 saturated carbocycles. The molecule has 0 spiro atoms. The van der Waals surface area contributed by atoms with Crippen LogP contribution in [0.5, 0.6) is 0 Å². The molecule has 0 heterocycles. The maximum absolute atomic E-state index is 11.3. The van der Waals surface area contributed by atoms with Crippen LogP contribution >= 0.6 is 0 Å². The van der Waals surface area contributed by atoms with Crippen molar-refractivity contribution in [3.8, 4) is 0 Å². The molecule has 9 heteroatoms. The van der Waals surface area contributed by atoms with Gasteiger partial charge >= 0.3 is 10.4 Å². The van der Waals surface area contributed by atoms with Gasteiger partial charge in [-0.3, -0.25) is 9.11 Å². The number of rotatable bonds is 13. The van der Waals surface area contributed by atoms with Gasteiger partial charge in [-0.1, -0.05) is 45.4 Å². The molecule has 1 unspecified atom stereocenters. The normalized spacial score (nSPS) is 14.2. The van der Waals surface area contributed by atoms with Crippen LogP contribution in [-0.2, 0) is 24.7 Å². The van der Waals surface area contributed by atoms with Gasteiger partial charge in [0.25, 0.3) is 10.1 Å². The quantitative estimate of drug-likeness (QED) is 0.388. The first-order valence-corrected chi connectivity index (χ1v) is 10.1. The van der Waals surface area contributed by atoms with Crippen molar-refractivity contribution in [2.24, 2.45) is 0 Å². The van der Waals surface area contributed by atoms with E-state index in [9.17, 15) is 21.4 Å². The summed E-state index contributed by atoms with van der Waals surface area (Å²) in [6, 6.07) is 0. The van der Waals surface area contributed by atoms with Crippen LogP contribution in [0.25, 0.3) is 0 Å². The number of hydrogen-bond acceptors (Lipinski definition) is 5. The molecular weight excluding hydrogens is 320 g/mol. The molecular formula is C12H26O7S2. The Balaban J connectivity index is 3.92. The van der Waals surface area contributed by atoms with E-state index in [-0.39, 0.29) is 6.61 Å².